The number of carbonyl (C=O) groups excluding carboxylic acids is 2. The van der Waals surface area contributed by atoms with Crippen LogP contribution in [0.4, 0.5) is 11.4 Å². The van der Waals surface area contributed by atoms with Gasteiger partial charge in [0.15, 0.2) is 11.5 Å². The Labute approximate surface area is 179 Å². The summed E-state index contributed by atoms with van der Waals surface area (Å²) in [5.74, 6) is 1.02. The van der Waals surface area contributed by atoms with E-state index < -0.39 is 0 Å². The van der Waals surface area contributed by atoms with Gasteiger partial charge >= 0.3 is 0 Å². The molecule has 0 radical (unpaired) electrons. The number of hydrogen-bond acceptors (Lipinski definition) is 6. The molecule has 0 spiro atoms. The highest BCUT2D eigenvalue weighted by Gasteiger charge is 2.18. The van der Waals surface area contributed by atoms with Crippen molar-refractivity contribution in [1.29, 1.82) is 0 Å². The van der Waals surface area contributed by atoms with Crippen LogP contribution in [0.15, 0.2) is 47.5 Å². The van der Waals surface area contributed by atoms with Gasteiger partial charge < -0.3 is 24.8 Å². The Bertz CT molecular complexity index is 1000. The topological polar surface area (TPSA) is 110 Å². The Morgan fingerprint density at radius 2 is 1.90 bits per heavy atom. The first-order valence-electron chi connectivity index (χ1n) is 10.1. The monoisotopic (exact) mass is 424 g/mol. The predicted octanol–water partition coefficient (Wildman–Crippen LogP) is 2.75. The summed E-state index contributed by atoms with van der Waals surface area (Å²) >= 11 is 0. The standard InChI is InChI=1S/C22H24N4O5/c1-14(27)24-16-5-2-4-15(10-16)21(28)26-22(23-12-18-6-3-9-29-18)25-17-7-8-19-20(11-17)31-13-30-19/h2,4-5,7-8,10-11,18H,3,6,9,12-13H2,1H3,(H,24,27)(H2,23,25,26,28)/t18-/m1/s1. The Kier molecular flexibility index (Phi) is 6.32. The van der Waals surface area contributed by atoms with Crippen molar-refractivity contribution in [3.8, 4) is 11.5 Å². The minimum absolute atomic E-state index is 0.0357. The fraction of sp³-hybridized carbons (Fsp3) is 0.318. The van der Waals surface area contributed by atoms with E-state index in [0.717, 1.165) is 19.4 Å². The summed E-state index contributed by atoms with van der Waals surface area (Å²) in [4.78, 5) is 28.7. The number of aliphatic imine (C=N–C) groups is 1. The number of anilines is 2. The molecule has 2 aromatic rings. The molecule has 2 aliphatic heterocycles. The summed E-state index contributed by atoms with van der Waals surface area (Å²) in [6.45, 7) is 2.75. The number of rotatable bonds is 5. The summed E-state index contributed by atoms with van der Waals surface area (Å²) in [5, 5.41) is 8.62. The Morgan fingerprint density at radius 3 is 2.71 bits per heavy atom. The third-order valence-corrected chi connectivity index (χ3v) is 4.79. The van der Waals surface area contributed by atoms with Crippen LogP contribution < -0.4 is 25.4 Å². The van der Waals surface area contributed by atoms with Crippen LogP contribution in [0.3, 0.4) is 0 Å². The molecular formula is C22H24N4O5. The molecular weight excluding hydrogens is 400 g/mol. The van der Waals surface area contributed by atoms with Crippen molar-refractivity contribution in [2.45, 2.75) is 25.9 Å². The number of benzene rings is 2. The second kappa shape index (κ2) is 9.48. The highest BCUT2D eigenvalue weighted by molar-refractivity contribution is 6.10. The predicted molar refractivity (Wildman–Crippen MR) is 116 cm³/mol. The second-order valence-electron chi connectivity index (χ2n) is 7.23. The van der Waals surface area contributed by atoms with Gasteiger partial charge in [-0.1, -0.05) is 6.07 Å². The van der Waals surface area contributed by atoms with Crippen molar-refractivity contribution in [1.82, 2.24) is 5.32 Å². The molecule has 9 nitrogen and oxygen atoms in total. The molecule has 2 amide bonds. The third kappa shape index (κ3) is 5.52. The smallest absolute Gasteiger partial charge is 0.258 e. The van der Waals surface area contributed by atoms with Gasteiger partial charge in [-0.3, -0.25) is 14.9 Å². The van der Waals surface area contributed by atoms with Crippen LogP contribution in [-0.2, 0) is 9.53 Å². The van der Waals surface area contributed by atoms with E-state index in [2.05, 4.69) is 20.9 Å². The number of fused-ring (bicyclic) bond motifs is 1. The normalized spacial score (nSPS) is 17.3. The fourth-order valence-corrected chi connectivity index (χ4v) is 3.32. The third-order valence-electron chi connectivity index (χ3n) is 4.79. The summed E-state index contributed by atoms with van der Waals surface area (Å²) in [6, 6.07) is 12.1. The van der Waals surface area contributed by atoms with E-state index >= 15 is 0 Å². The van der Waals surface area contributed by atoms with E-state index in [1.165, 1.54) is 6.92 Å². The zero-order valence-electron chi connectivity index (χ0n) is 17.1. The van der Waals surface area contributed by atoms with Gasteiger partial charge in [0, 0.05) is 36.5 Å². The molecule has 3 N–H and O–H groups in total. The lowest BCUT2D eigenvalue weighted by molar-refractivity contribution is -0.114. The minimum Gasteiger partial charge on any atom is -0.454 e. The van der Waals surface area contributed by atoms with Gasteiger partial charge in [-0.15, -0.1) is 0 Å². The molecule has 0 saturated carbocycles. The molecule has 0 aromatic heterocycles. The van der Waals surface area contributed by atoms with Crippen LogP contribution >= 0.6 is 0 Å². The lowest BCUT2D eigenvalue weighted by Crippen LogP contribution is -2.36. The zero-order valence-corrected chi connectivity index (χ0v) is 17.1. The second-order valence-corrected chi connectivity index (χ2v) is 7.23. The molecule has 162 valence electrons. The SMILES string of the molecule is CC(=O)Nc1cccc(C(=O)NC(=NC[C@H]2CCCO2)Nc2ccc3c(c2)OCO3)c1. The maximum atomic E-state index is 12.8. The first-order chi connectivity index (χ1) is 15.1. The summed E-state index contributed by atoms with van der Waals surface area (Å²) in [5.41, 5.74) is 1.63. The Balaban J connectivity index is 1.50. The molecule has 2 heterocycles. The van der Waals surface area contributed by atoms with Crippen molar-refractivity contribution in [3.63, 3.8) is 0 Å². The average molecular weight is 424 g/mol. The average Bonchev–Trinajstić information content (AvgIpc) is 3.43. The van der Waals surface area contributed by atoms with Gasteiger partial charge in [-0.25, -0.2) is 4.99 Å². The number of carbonyl (C=O) groups is 2. The molecule has 1 saturated heterocycles. The quantitative estimate of drug-likeness (QED) is 0.503. The van der Waals surface area contributed by atoms with E-state index in [4.69, 9.17) is 14.2 Å². The molecule has 2 aliphatic rings. The van der Waals surface area contributed by atoms with Crippen LogP contribution in [0.1, 0.15) is 30.1 Å². The number of nitrogens with zero attached hydrogens (tertiary/aromatic N) is 1. The first-order valence-corrected chi connectivity index (χ1v) is 10.1. The fourth-order valence-electron chi connectivity index (χ4n) is 3.32. The summed E-state index contributed by atoms with van der Waals surface area (Å²) in [7, 11) is 0. The van der Waals surface area contributed by atoms with Gasteiger partial charge in [0.05, 0.1) is 12.6 Å². The number of nitrogens with one attached hydrogen (secondary N) is 3. The lowest BCUT2D eigenvalue weighted by atomic mass is 10.2. The molecule has 0 aliphatic carbocycles. The number of ether oxygens (including phenoxy) is 3. The molecule has 0 bridgehead atoms. The first kappa shape index (κ1) is 20.7. The van der Waals surface area contributed by atoms with E-state index in [1.807, 2.05) is 6.07 Å². The largest absolute Gasteiger partial charge is 0.454 e. The number of amides is 2. The van der Waals surface area contributed by atoms with Crippen LogP contribution in [0.5, 0.6) is 11.5 Å². The summed E-state index contributed by atoms with van der Waals surface area (Å²) in [6.07, 6.45) is 1.98. The highest BCUT2D eigenvalue weighted by atomic mass is 16.7. The van der Waals surface area contributed by atoms with Gasteiger partial charge in [-0.2, -0.15) is 0 Å². The molecule has 2 aromatic carbocycles. The molecule has 1 atom stereocenters. The minimum atomic E-state index is -0.355. The van der Waals surface area contributed by atoms with Gasteiger partial charge in [-0.05, 0) is 43.2 Å². The summed E-state index contributed by atoms with van der Waals surface area (Å²) < 4.78 is 16.4. The van der Waals surface area contributed by atoms with Crippen molar-refractivity contribution in [2.75, 3.05) is 30.6 Å². The molecule has 31 heavy (non-hydrogen) atoms. The maximum Gasteiger partial charge on any atom is 0.258 e. The van der Waals surface area contributed by atoms with E-state index in [0.29, 0.717) is 40.9 Å². The van der Waals surface area contributed by atoms with Crippen molar-refractivity contribution in [3.05, 3.63) is 48.0 Å². The Hall–Kier alpha value is -3.59. The number of hydrogen-bond donors (Lipinski definition) is 3. The van der Waals surface area contributed by atoms with E-state index in [-0.39, 0.29) is 24.7 Å². The maximum absolute atomic E-state index is 12.8. The van der Waals surface area contributed by atoms with Crippen molar-refractivity contribution < 1.29 is 23.8 Å². The lowest BCUT2D eigenvalue weighted by Gasteiger charge is -2.14. The van der Waals surface area contributed by atoms with Crippen LogP contribution in [0.2, 0.25) is 0 Å². The molecule has 4 rings (SSSR count). The van der Waals surface area contributed by atoms with E-state index in [9.17, 15) is 9.59 Å². The number of guanidine groups is 1. The van der Waals surface area contributed by atoms with Crippen LogP contribution in [0.25, 0.3) is 0 Å². The van der Waals surface area contributed by atoms with Gasteiger partial charge in [0.25, 0.3) is 5.91 Å². The van der Waals surface area contributed by atoms with Gasteiger partial charge in [0.2, 0.25) is 18.7 Å². The zero-order chi connectivity index (χ0) is 21.6. The van der Waals surface area contributed by atoms with E-state index in [1.54, 1.807) is 36.4 Å². The molecule has 1 fully saturated rings. The molecule has 9 heteroatoms. The van der Waals surface area contributed by atoms with Crippen molar-refractivity contribution >= 4 is 29.1 Å². The van der Waals surface area contributed by atoms with Crippen LogP contribution in [-0.4, -0.2) is 43.8 Å². The van der Waals surface area contributed by atoms with Crippen LogP contribution in [0, 0.1) is 0 Å². The van der Waals surface area contributed by atoms with Gasteiger partial charge in [0.1, 0.15) is 0 Å². The Morgan fingerprint density at radius 1 is 1.06 bits per heavy atom. The van der Waals surface area contributed by atoms with Crippen molar-refractivity contribution in [2.24, 2.45) is 4.99 Å². The molecule has 0 unspecified atom stereocenters. The highest BCUT2D eigenvalue weighted by Crippen LogP contribution is 2.34.